The summed E-state index contributed by atoms with van der Waals surface area (Å²) in [6.45, 7) is 3.85. The van der Waals surface area contributed by atoms with Crippen LogP contribution in [0.2, 0.25) is 0 Å². The zero-order chi connectivity index (χ0) is 25.4. The maximum absolute atomic E-state index is 13.3. The number of hydrogen-bond donors (Lipinski definition) is 0. The highest BCUT2D eigenvalue weighted by atomic mass is 32.2. The molecule has 1 atom stereocenters. The summed E-state index contributed by atoms with van der Waals surface area (Å²) in [6, 6.07) is 9.47. The van der Waals surface area contributed by atoms with E-state index in [1.807, 2.05) is 37.3 Å². The maximum atomic E-state index is 13.3. The number of pyridine rings is 1. The van der Waals surface area contributed by atoms with Crippen molar-refractivity contribution in [1.82, 2.24) is 4.98 Å². The first-order chi connectivity index (χ1) is 17.2. The van der Waals surface area contributed by atoms with Gasteiger partial charge in [0.2, 0.25) is 5.91 Å². The fourth-order valence-electron chi connectivity index (χ4n) is 5.65. The molecular formula is C27H33N3O5S. The van der Waals surface area contributed by atoms with Gasteiger partial charge >= 0.3 is 6.09 Å². The normalized spacial score (nSPS) is 22.0. The number of carbonyl (C=O) groups is 2. The minimum Gasteiger partial charge on any atom is -0.446 e. The number of benzene rings is 1. The summed E-state index contributed by atoms with van der Waals surface area (Å²) in [7, 11) is -2.85. The molecule has 2 aromatic rings. The summed E-state index contributed by atoms with van der Waals surface area (Å²) in [5, 5.41) is 0. The van der Waals surface area contributed by atoms with E-state index in [1.54, 1.807) is 22.9 Å². The quantitative estimate of drug-likeness (QED) is 0.605. The van der Waals surface area contributed by atoms with Crippen molar-refractivity contribution in [3.63, 3.8) is 0 Å². The molecule has 8 nitrogen and oxygen atoms in total. The molecule has 3 heterocycles. The van der Waals surface area contributed by atoms with Crippen LogP contribution in [0.3, 0.4) is 0 Å². The molecule has 1 saturated carbocycles. The molecule has 2 fully saturated rings. The van der Waals surface area contributed by atoms with E-state index in [-0.39, 0.29) is 41.6 Å². The van der Waals surface area contributed by atoms with Crippen LogP contribution in [0.5, 0.6) is 0 Å². The van der Waals surface area contributed by atoms with Gasteiger partial charge in [-0.15, -0.1) is 0 Å². The van der Waals surface area contributed by atoms with Crippen LogP contribution >= 0.6 is 0 Å². The Morgan fingerprint density at radius 1 is 1.03 bits per heavy atom. The molecule has 0 N–H and O–H groups in total. The molecule has 5 rings (SSSR count). The van der Waals surface area contributed by atoms with Gasteiger partial charge in [0.25, 0.3) is 0 Å². The fraction of sp³-hybridized carbons (Fsp3) is 0.519. The van der Waals surface area contributed by atoms with Gasteiger partial charge < -0.3 is 9.64 Å². The molecule has 9 heteroatoms. The third-order valence-corrected chi connectivity index (χ3v) is 9.39. The molecule has 0 spiro atoms. The van der Waals surface area contributed by atoms with E-state index in [2.05, 4.69) is 4.98 Å². The second kappa shape index (κ2) is 9.84. The molecule has 1 aliphatic carbocycles. The summed E-state index contributed by atoms with van der Waals surface area (Å²) < 4.78 is 28.8. The van der Waals surface area contributed by atoms with Crippen LogP contribution in [-0.4, -0.2) is 55.6 Å². The van der Waals surface area contributed by atoms with Gasteiger partial charge in [-0.2, -0.15) is 0 Å². The van der Waals surface area contributed by atoms with Crippen molar-refractivity contribution in [2.24, 2.45) is 5.92 Å². The zero-order valence-corrected chi connectivity index (χ0v) is 21.7. The van der Waals surface area contributed by atoms with Crippen LogP contribution in [-0.2, 0) is 25.8 Å². The Morgan fingerprint density at radius 2 is 1.75 bits per heavy atom. The Labute approximate surface area is 212 Å². The standard InChI is InChI=1S/C27H33N3O5S/c1-18-15-29(27(32)35-24-6-4-3-5-7-24)26-13-21(9-11-25(26)30(18)19(2)31)22-8-10-23(28-14-22)12-20-16-36(33,34)17-20/h8-11,13-14,18,20,24H,3-7,12,15-17H2,1-2H3. The monoisotopic (exact) mass is 511 g/mol. The predicted octanol–water partition coefficient (Wildman–Crippen LogP) is 4.37. The van der Waals surface area contributed by atoms with Gasteiger partial charge in [-0.3, -0.25) is 14.7 Å². The summed E-state index contributed by atoms with van der Waals surface area (Å²) in [5.74, 6) is 0.541. The number of fused-ring (bicyclic) bond motifs is 1. The first kappa shape index (κ1) is 24.7. The Balaban J connectivity index is 1.40. The summed E-state index contributed by atoms with van der Waals surface area (Å²) >= 11 is 0. The van der Waals surface area contributed by atoms with E-state index in [4.69, 9.17) is 4.74 Å². The van der Waals surface area contributed by atoms with E-state index in [1.165, 1.54) is 6.42 Å². The molecule has 36 heavy (non-hydrogen) atoms. The van der Waals surface area contributed by atoms with Crippen molar-refractivity contribution < 1.29 is 22.7 Å². The summed E-state index contributed by atoms with van der Waals surface area (Å²) in [6.07, 6.45) is 7.14. The van der Waals surface area contributed by atoms with Gasteiger partial charge in [0.1, 0.15) is 6.10 Å². The number of aromatic nitrogens is 1. The van der Waals surface area contributed by atoms with E-state index in [0.29, 0.717) is 24.3 Å². The van der Waals surface area contributed by atoms with E-state index in [0.717, 1.165) is 42.5 Å². The lowest BCUT2D eigenvalue weighted by Gasteiger charge is -2.41. The second-order valence-corrected chi connectivity index (χ2v) is 12.5. The largest absolute Gasteiger partial charge is 0.446 e. The second-order valence-electron chi connectivity index (χ2n) is 10.4. The van der Waals surface area contributed by atoms with Crippen molar-refractivity contribution in [3.8, 4) is 11.1 Å². The highest BCUT2D eigenvalue weighted by molar-refractivity contribution is 7.92. The van der Waals surface area contributed by atoms with Crippen molar-refractivity contribution >= 4 is 33.2 Å². The van der Waals surface area contributed by atoms with Crippen molar-refractivity contribution in [3.05, 3.63) is 42.2 Å². The summed E-state index contributed by atoms with van der Waals surface area (Å²) in [5.41, 5.74) is 3.99. The highest BCUT2D eigenvalue weighted by Gasteiger charge is 2.36. The lowest BCUT2D eigenvalue weighted by Crippen LogP contribution is -2.52. The molecule has 192 valence electrons. The van der Waals surface area contributed by atoms with Crippen LogP contribution in [0, 0.1) is 5.92 Å². The van der Waals surface area contributed by atoms with Crippen molar-refractivity contribution in [2.45, 2.75) is 64.5 Å². The number of amides is 2. The molecule has 1 unspecified atom stereocenters. The topological polar surface area (TPSA) is 96.9 Å². The molecule has 2 amide bonds. The van der Waals surface area contributed by atoms with Crippen molar-refractivity contribution in [2.75, 3.05) is 27.9 Å². The number of rotatable bonds is 4. The molecule has 1 aromatic carbocycles. The zero-order valence-electron chi connectivity index (χ0n) is 20.9. The average molecular weight is 512 g/mol. The van der Waals surface area contributed by atoms with Crippen molar-refractivity contribution in [1.29, 1.82) is 0 Å². The van der Waals surface area contributed by atoms with Gasteiger partial charge in [-0.1, -0.05) is 18.6 Å². The Kier molecular flexibility index (Phi) is 6.76. The van der Waals surface area contributed by atoms with Crippen LogP contribution in [0.25, 0.3) is 11.1 Å². The Bertz CT molecular complexity index is 1240. The SMILES string of the molecule is CC(=O)N1c2ccc(-c3ccc(CC4CS(=O)(=O)C4)nc3)cc2N(C(=O)OC2CCCCC2)CC1C. The van der Waals surface area contributed by atoms with E-state index in [9.17, 15) is 18.0 Å². The van der Waals surface area contributed by atoms with Crippen LogP contribution in [0.4, 0.5) is 16.2 Å². The first-order valence-electron chi connectivity index (χ1n) is 12.8. The van der Waals surface area contributed by atoms with Gasteiger partial charge in [0.15, 0.2) is 9.84 Å². The number of anilines is 2. The highest BCUT2D eigenvalue weighted by Crippen LogP contribution is 2.39. The number of nitrogens with zero attached hydrogens (tertiary/aromatic N) is 3. The molecule has 2 aliphatic heterocycles. The number of hydrogen-bond acceptors (Lipinski definition) is 6. The fourth-order valence-corrected chi connectivity index (χ4v) is 7.22. The predicted molar refractivity (Wildman–Crippen MR) is 139 cm³/mol. The lowest BCUT2D eigenvalue weighted by atomic mass is 9.98. The van der Waals surface area contributed by atoms with Crippen LogP contribution in [0.15, 0.2) is 36.5 Å². The average Bonchev–Trinajstić information content (AvgIpc) is 2.83. The number of ether oxygens (including phenoxy) is 1. The van der Waals surface area contributed by atoms with Gasteiger partial charge in [-0.25, -0.2) is 13.2 Å². The third kappa shape index (κ3) is 5.12. The smallest absolute Gasteiger partial charge is 0.414 e. The lowest BCUT2D eigenvalue weighted by molar-refractivity contribution is -0.117. The van der Waals surface area contributed by atoms with E-state index >= 15 is 0 Å². The van der Waals surface area contributed by atoms with Crippen LogP contribution in [0.1, 0.15) is 51.6 Å². The Morgan fingerprint density at radius 3 is 2.39 bits per heavy atom. The summed E-state index contributed by atoms with van der Waals surface area (Å²) in [4.78, 5) is 33.7. The number of sulfone groups is 1. The third-order valence-electron chi connectivity index (χ3n) is 7.43. The molecule has 1 saturated heterocycles. The van der Waals surface area contributed by atoms with E-state index < -0.39 is 9.84 Å². The molecule has 0 bridgehead atoms. The first-order valence-corrected chi connectivity index (χ1v) is 14.6. The van der Waals surface area contributed by atoms with Gasteiger partial charge in [-0.05, 0) is 68.7 Å². The molecule has 3 aliphatic rings. The van der Waals surface area contributed by atoms with Gasteiger partial charge in [0.05, 0.1) is 28.9 Å². The molecule has 0 radical (unpaired) electrons. The minimum absolute atomic E-state index is 0.0542. The van der Waals surface area contributed by atoms with Crippen LogP contribution < -0.4 is 9.80 Å². The molecular weight excluding hydrogens is 478 g/mol. The number of carbonyl (C=O) groups excluding carboxylic acids is 2. The van der Waals surface area contributed by atoms with Gasteiger partial charge in [0, 0.05) is 30.9 Å². The molecule has 1 aromatic heterocycles. The Hall–Kier alpha value is -2.94. The maximum Gasteiger partial charge on any atom is 0.414 e. The minimum atomic E-state index is -2.85.